The van der Waals surface area contributed by atoms with E-state index in [1.54, 1.807) is 0 Å². The number of nitrogens with two attached hydrogens (primary N) is 1. The monoisotopic (exact) mass is 271 g/mol. The predicted molar refractivity (Wildman–Crippen MR) is 84.7 cm³/mol. The van der Waals surface area contributed by atoms with E-state index in [4.69, 9.17) is 5.73 Å². The van der Waals surface area contributed by atoms with Gasteiger partial charge in [-0.05, 0) is 62.9 Å². The van der Waals surface area contributed by atoms with E-state index in [-0.39, 0.29) is 0 Å². The fourth-order valence-corrected chi connectivity index (χ4v) is 3.35. The van der Waals surface area contributed by atoms with Crippen LogP contribution in [0.25, 0.3) is 10.9 Å². The van der Waals surface area contributed by atoms with Gasteiger partial charge in [-0.25, -0.2) is 0 Å². The summed E-state index contributed by atoms with van der Waals surface area (Å²) in [6, 6.07) is 9.45. The van der Waals surface area contributed by atoms with Crippen LogP contribution in [0.1, 0.15) is 44.0 Å². The largest absolute Gasteiger partial charge is 0.341 e. The van der Waals surface area contributed by atoms with Crippen molar-refractivity contribution in [1.29, 1.82) is 0 Å². The van der Waals surface area contributed by atoms with Crippen LogP contribution in [0, 0.1) is 0 Å². The van der Waals surface area contributed by atoms with E-state index in [9.17, 15) is 0 Å². The molecule has 0 radical (unpaired) electrons. The van der Waals surface area contributed by atoms with E-state index in [1.807, 2.05) is 0 Å². The highest BCUT2D eigenvalue weighted by Crippen LogP contribution is 2.27. The second kappa shape index (κ2) is 5.58. The van der Waals surface area contributed by atoms with Gasteiger partial charge in [0, 0.05) is 30.3 Å². The molecule has 20 heavy (non-hydrogen) atoms. The zero-order chi connectivity index (χ0) is 14.1. The Morgan fingerprint density at radius 3 is 2.55 bits per heavy atom. The van der Waals surface area contributed by atoms with Gasteiger partial charge >= 0.3 is 0 Å². The second-order valence-electron chi connectivity index (χ2n) is 6.18. The molecule has 3 nitrogen and oxygen atoms in total. The van der Waals surface area contributed by atoms with Gasteiger partial charge < -0.3 is 10.3 Å². The summed E-state index contributed by atoms with van der Waals surface area (Å²) in [5.41, 5.74) is 9.77. The molecule has 1 fully saturated rings. The molecule has 0 amide bonds. The summed E-state index contributed by atoms with van der Waals surface area (Å²) in [5.74, 6) is 0. The van der Waals surface area contributed by atoms with E-state index >= 15 is 0 Å². The third-order valence-corrected chi connectivity index (χ3v) is 4.32. The van der Waals surface area contributed by atoms with Crippen molar-refractivity contribution >= 4 is 10.9 Å². The third-order valence-electron chi connectivity index (χ3n) is 4.32. The van der Waals surface area contributed by atoms with Gasteiger partial charge in [0.05, 0.1) is 0 Å². The summed E-state index contributed by atoms with van der Waals surface area (Å²) in [6.45, 7) is 8.71. The maximum absolute atomic E-state index is 5.79. The molecule has 3 rings (SSSR count). The standard InChI is InChI=1S/C17H25N3/c1-13(2)20-16(12-19-7-3-4-8-19)10-15-6-5-14(11-18)9-17(15)20/h5-6,9-10,13H,3-4,7-8,11-12,18H2,1-2H3. The lowest BCUT2D eigenvalue weighted by molar-refractivity contribution is 0.319. The van der Waals surface area contributed by atoms with Gasteiger partial charge in [0.25, 0.3) is 0 Å². The third kappa shape index (κ3) is 2.48. The molecule has 0 saturated carbocycles. The van der Waals surface area contributed by atoms with E-state index in [2.05, 4.69) is 47.6 Å². The Hall–Kier alpha value is -1.32. The summed E-state index contributed by atoms with van der Waals surface area (Å²) in [6.07, 6.45) is 2.69. The minimum atomic E-state index is 0.484. The molecule has 0 atom stereocenters. The lowest BCUT2D eigenvalue weighted by atomic mass is 10.1. The topological polar surface area (TPSA) is 34.2 Å². The van der Waals surface area contributed by atoms with Crippen molar-refractivity contribution in [2.24, 2.45) is 5.73 Å². The van der Waals surface area contributed by atoms with Crippen LogP contribution in [-0.2, 0) is 13.1 Å². The number of likely N-dealkylation sites (tertiary alicyclic amines) is 1. The summed E-state index contributed by atoms with van der Waals surface area (Å²) in [4.78, 5) is 2.57. The molecule has 108 valence electrons. The molecular weight excluding hydrogens is 246 g/mol. The molecule has 2 aromatic rings. The summed E-state index contributed by atoms with van der Waals surface area (Å²) in [5, 5.41) is 1.34. The predicted octanol–water partition coefficient (Wildman–Crippen LogP) is 3.28. The van der Waals surface area contributed by atoms with Crippen LogP contribution in [0.5, 0.6) is 0 Å². The lowest BCUT2D eigenvalue weighted by Crippen LogP contribution is -2.21. The van der Waals surface area contributed by atoms with E-state index in [0.717, 1.165) is 6.54 Å². The molecule has 1 saturated heterocycles. The number of nitrogens with zero attached hydrogens (tertiary/aromatic N) is 2. The molecule has 3 heteroatoms. The smallest absolute Gasteiger partial charge is 0.0488 e. The number of benzene rings is 1. The number of rotatable bonds is 4. The first kappa shape index (κ1) is 13.7. The lowest BCUT2D eigenvalue weighted by Gasteiger charge is -2.19. The van der Waals surface area contributed by atoms with Crippen molar-refractivity contribution in [3.8, 4) is 0 Å². The maximum Gasteiger partial charge on any atom is 0.0488 e. The Morgan fingerprint density at radius 2 is 1.90 bits per heavy atom. The van der Waals surface area contributed by atoms with Crippen molar-refractivity contribution in [3.63, 3.8) is 0 Å². The van der Waals surface area contributed by atoms with Crippen LogP contribution < -0.4 is 5.73 Å². The van der Waals surface area contributed by atoms with Crippen LogP contribution in [0.2, 0.25) is 0 Å². The summed E-state index contributed by atoms with van der Waals surface area (Å²) >= 11 is 0. The van der Waals surface area contributed by atoms with Crippen molar-refractivity contribution < 1.29 is 0 Å². The number of hydrogen-bond donors (Lipinski definition) is 1. The number of aromatic nitrogens is 1. The van der Waals surface area contributed by atoms with Gasteiger partial charge in [0.1, 0.15) is 0 Å². The van der Waals surface area contributed by atoms with E-state index in [1.165, 1.54) is 48.1 Å². The fraction of sp³-hybridized carbons (Fsp3) is 0.529. The molecule has 1 aliphatic heterocycles. The number of fused-ring (bicyclic) bond motifs is 1. The molecule has 1 aromatic carbocycles. The Labute approximate surface area is 121 Å². The first-order valence-electron chi connectivity index (χ1n) is 7.74. The van der Waals surface area contributed by atoms with Gasteiger partial charge in [-0.2, -0.15) is 0 Å². The Kier molecular flexibility index (Phi) is 3.81. The molecule has 1 aromatic heterocycles. The Bertz CT molecular complexity index is 592. The molecule has 2 heterocycles. The fourth-order valence-electron chi connectivity index (χ4n) is 3.35. The zero-order valence-electron chi connectivity index (χ0n) is 12.6. The van der Waals surface area contributed by atoms with Crippen LogP contribution in [-0.4, -0.2) is 22.6 Å². The normalized spacial score (nSPS) is 16.6. The maximum atomic E-state index is 5.79. The quantitative estimate of drug-likeness (QED) is 0.926. The average molecular weight is 271 g/mol. The highest BCUT2D eigenvalue weighted by molar-refractivity contribution is 5.82. The van der Waals surface area contributed by atoms with Crippen LogP contribution >= 0.6 is 0 Å². The van der Waals surface area contributed by atoms with Crippen LogP contribution in [0.15, 0.2) is 24.3 Å². The van der Waals surface area contributed by atoms with Crippen molar-refractivity contribution in [2.45, 2.75) is 45.8 Å². The van der Waals surface area contributed by atoms with E-state index in [0.29, 0.717) is 12.6 Å². The van der Waals surface area contributed by atoms with Gasteiger partial charge in [-0.3, -0.25) is 4.90 Å². The zero-order valence-corrected chi connectivity index (χ0v) is 12.6. The minimum Gasteiger partial charge on any atom is -0.341 e. The molecule has 0 unspecified atom stereocenters. The Morgan fingerprint density at radius 1 is 1.15 bits per heavy atom. The second-order valence-corrected chi connectivity index (χ2v) is 6.18. The summed E-state index contributed by atoms with van der Waals surface area (Å²) in [7, 11) is 0. The SMILES string of the molecule is CC(C)n1c(CN2CCCC2)cc2ccc(CN)cc21. The van der Waals surface area contributed by atoms with Gasteiger partial charge in [0.15, 0.2) is 0 Å². The number of hydrogen-bond acceptors (Lipinski definition) is 2. The molecule has 0 aliphatic carbocycles. The van der Waals surface area contributed by atoms with E-state index < -0.39 is 0 Å². The van der Waals surface area contributed by atoms with Crippen molar-refractivity contribution in [1.82, 2.24) is 9.47 Å². The van der Waals surface area contributed by atoms with Gasteiger partial charge in [0.2, 0.25) is 0 Å². The molecule has 0 bridgehead atoms. The minimum absolute atomic E-state index is 0.484. The summed E-state index contributed by atoms with van der Waals surface area (Å²) < 4.78 is 2.48. The van der Waals surface area contributed by atoms with Crippen molar-refractivity contribution in [2.75, 3.05) is 13.1 Å². The van der Waals surface area contributed by atoms with Crippen LogP contribution in [0.4, 0.5) is 0 Å². The van der Waals surface area contributed by atoms with Crippen molar-refractivity contribution in [3.05, 3.63) is 35.5 Å². The van der Waals surface area contributed by atoms with Gasteiger partial charge in [-0.15, -0.1) is 0 Å². The highest BCUT2D eigenvalue weighted by atomic mass is 15.2. The Balaban J connectivity index is 2.03. The molecule has 2 N–H and O–H groups in total. The molecule has 0 spiro atoms. The first-order valence-corrected chi connectivity index (χ1v) is 7.74. The molecular formula is C17H25N3. The van der Waals surface area contributed by atoms with Gasteiger partial charge in [-0.1, -0.05) is 12.1 Å². The average Bonchev–Trinajstić information content (AvgIpc) is 3.04. The first-order chi connectivity index (χ1) is 9.69. The highest BCUT2D eigenvalue weighted by Gasteiger charge is 2.17. The molecule has 1 aliphatic rings. The van der Waals surface area contributed by atoms with Crippen LogP contribution in [0.3, 0.4) is 0 Å².